The van der Waals surface area contributed by atoms with Crippen molar-refractivity contribution in [3.05, 3.63) is 93.8 Å². The highest BCUT2D eigenvalue weighted by Crippen LogP contribution is 2.38. The fourth-order valence-electron chi connectivity index (χ4n) is 4.84. The number of hydrogen-bond acceptors (Lipinski definition) is 5. The molecule has 1 saturated heterocycles. The normalized spacial score (nSPS) is 14.5. The van der Waals surface area contributed by atoms with E-state index in [2.05, 4.69) is 16.8 Å². The van der Waals surface area contributed by atoms with E-state index in [-0.39, 0.29) is 23.0 Å². The van der Waals surface area contributed by atoms with E-state index in [4.69, 9.17) is 32.9 Å². The third-order valence-electron chi connectivity index (χ3n) is 6.87. The molecule has 0 radical (unpaired) electrons. The molecule has 0 bridgehead atoms. The van der Waals surface area contributed by atoms with Crippen LogP contribution in [0.3, 0.4) is 0 Å². The van der Waals surface area contributed by atoms with Gasteiger partial charge in [-0.2, -0.15) is 0 Å². The predicted molar refractivity (Wildman–Crippen MR) is 153 cm³/mol. The average Bonchev–Trinajstić information content (AvgIpc) is 3.33. The fraction of sp³-hybridized carbons (Fsp3) is 0.267. The number of piperazine rings is 1. The first-order chi connectivity index (χ1) is 18.9. The van der Waals surface area contributed by atoms with Crippen molar-refractivity contribution in [1.29, 1.82) is 0 Å². The van der Waals surface area contributed by atoms with Gasteiger partial charge in [0.15, 0.2) is 11.5 Å². The molecule has 2 heterocycles. The first-order valence-corrected chi connectivity index (χ1v) is 13.6. The minimum Gasteiger partial charge on any atom is -0.461 e. The number of hydrogen-bond donors (Lipinski definition) is 0. The molecule has 39 heavy (non-hydrogen) atoms. The number of carbonyl (C=O) groups is 1. The van der Waals surface area contributed by atoms with Crippen molar-refractivity contribution in [2.75, 3.05) is 39.8 Å². The number of imidazole rings is 1. The first-order valence-electron chi connectivity index (χ1n) is 12.9. The summed E-state index contributed by atoms with van der Waals surface area (Å²) in [5, 5.41) is 0.454. The summed E-state index contributed by atoms with van der Waals surface area (Å²) in [6.45, 7) is 6.26. The minimum atomic E-state index is -0.618. The van der Waals surface area contributed by atoms with Gasteiger partial charge in [0.2, 0.25) is 0 Å². The highest BCUT2D eigenvalue weighted by Gasteiger charge is 2.30. The molecule has 0 saturated carbocycles. The van der Waals surface area contributed by atoms with Crippen LogP contribution in [0.2, 0.25) is 10.0 Å². The zero-order valence-electron chi connectivity index (χ0n) is 21.8. The van der Waals surface area contributed by atoms with Crippen molar-refractivity contribution in [1.82, 2.24) is 19.4 Å². The Hall–Kier alpha value is -3.23. The number of halogens is 3. The molecule has 0 unspecified atom stereocenters. The largest absolute Gasteiger partial charge is 0.461 e. The molecule has 1 aliphatic rings. The van der Waals surface area contributed by atoms with E-state index in [9.17, 15) is 4.79 Å². The van der Waals surface area contributed by atoms with E-state index >= 15 is 4.39 Å². The second kappa shape index (κ2) is 11.9. The van der Waals surface area contributed by atoms with E-state index in [1.807, 2.05) is 42.5 Å². The zero-order valence-corrected chi connectivity index (χ0v) is 23.3. The maximum absolute atomic E-state index is 15.7. The Morgan fingerprint density at radius 2 is 1.74 bits per heavy atom. The van der Waals surface area contributed by atoms with Crippen LogP contribution in [0.4, 0.5) is 4.39 Å². The Bertz CT molecular complexity index is 1480. The SMILES string of the molecule is CCOC(=O)c1nc(-c2ccccc2)n(-c2cccc(Cl)c2F)c1-c1cc(Cl)ccc1CN1CCN(C)CC1. The predicted octanol–water partition coefficient (Wildman–Crippen LogP) is 6.58. The van der Waals surface area contributed by atoms with E-state index in [1.165, 1.54) is 6.07 Å². The summed E-state index contributed by atoms with van der Waals surface area (Å²) in [6, 6.07) is 19.7. The standard InChI is InChI=1S/C30H29Cl2FN4O2/c1-3-39-30(38)27-28(23-18-22(31)13-12-21(23)19-36-16-14-35(2)15-17-36)37(25-11-7-10-24(32)26(25)33)29(34-27)20-8-5-4-6-9-20/h4-13,18H,3,14-17,19H2,1-2H3. The minimum absolute atomic E-state index is 0.0346. The maximum Gasteiger partial charge on any atom is 0.359 e. The van der Waals surface area contributed by atoms with Gasteiger partial charge in [-0.25, -0.2) is 14.2 Å². The Morgan fingerprint density at radius 1 is 1.00 bits per heavy atom. The summed E-state index contributed by atoms with van der Waals surface area (Å²) in [5.74, 6) is -0.829. The summed E-state index contributed by atoms with van der Waals surface area (Å²) in [4.78, 5) is 22.8. The van der Waals surface area contributed by atoms with Crippen molar-refractivity contribution in [3.63, 3.8) is 0 Å². The van der Waals surface area contributed by atoms with Gasteiger partial charge in [0.1, 0.15) is 5.82 Å². The van der Waals surface area contributed by atoms with Crippen LogP contribution in [0.5, 0.6) is 0 Å². The molecule has 1 aromatic heterocycles. The van der Waals surface area contributed by atoms with Gasteiger partial charge < -0.3 is 9.64 Å². The van der Waals surface area contributed by atoms with Crippen LogP contribution in [0.15, 0.2) is 66.7 Å². The van der Waals surface area contributed by atoms with E-state index < -0.39 is 11.8 Å². The molecular formula is C30H29Cl2FN4O2. The van der Waals surface area contributed by atoms with E-state index in [0.717, 1.165) is 31.7 Å². The third kappa shape index (κ3) is 5.72. The Kier molecular flexibility index (Phi) is 8.33. The van der Waals surface area contributed by atoms with Crippen molar-refractivity contribution in [2.24, 2.45) is 0 Å². The number of esters is 1. The quantitative estimate of drug-likeness (QED) is 0.236. The lowest BCUT2D eigenvalue weighted by atomic mass is 10.0. The molecule has 3 aromatic carbocycles. The monoisotopic (exact) mass is 566 g/mol. The number of benzene rings is 3. The van der Waals surface area contributed by atoms with Crippen molar-refractivity contribution in [2.45, 2.75) is 13.5 Å². The zero-order chi connectivity index (χ0) is 27.5. The van der Waals surface area contributed by atoms with Crippen LogP contribution >= 0.6 is 23.2 Å². The molecule has 1 fully saturated rings. The van der Waals surface area contributed by atoms with Gasteiger partial charge in [0, 0.05) is 48.9 Å². The molecule has 5 rings (SSSR count). The third-order valence-corrected chi connectivity index (χ3v) is 7.39. The summed E-state index contributed by atoms with van der Waals surface area (Å²) < 4.78 is 22.8. The van der Waals surface area contributed by atoms with Crippen LogP contribution in [0.25, 0.3) is 28.3 Å². The number of aromatic nitrogens is 2. The Balaban J connectivity index is 1.80. The average molecular weight is 567 g/mol. The van der Waals surface area contributed by atoms with Crippen LogP contribution < -0.4 is 0 Å². The molecule has 6 nitrogen and oxygen atoms in total. The highest BCUT2D eigenvalue weighted by molar-refractivity contribution is 6.31. The van der Waals surface area contributed by atoms with Gasteiger partial charge in [-0.1, -0.05) is 65.7 Å². The van der Waals surface area contributed by atoms with Crippen LogP contribution in [-0.2, 0) is 11.3 Å². The molecule has 9 heteroatoms. The topological polar surface area (TPSA) is 50.6 Å². The summed E-state index contributed by atoms with van der Waals surface area (Å²) in [7, 11) is 2.11. The molecule has 1 aliphatic heterocycles. The van der Waals surface area contributed by atoms with Gasteiger partial charge >= 0.3 is 5.97 Å². The first kappa shape index (κ1) is 27.3. The molecule has 0 amide bonds. The summed E-state index contributed by atoms with van der Waals surface area (Å²) in [5.41, 5.74) is 2.98. The Morgan fingerprint density at radius 3 is 2.46 bits per heavy atom. The number of likely N-dealkylation sites (N-methyl/N-ethyl adjacent to an activating group) is 1. The highest BCUT2D eigenvalue weighted by atomic mass is 35.5. The second-order valence-electron chi connectivity index (χ2n) is 9.51. The van der Waals surface area contributed by atoms with Crippen molar-refractivity contribution >= 4 is 29.2 Å². The fourth-order valence-corrected chi connectivity index (χ4v) is 5.19. The molecule has 202 valence electrons. The van der Waals surface area contributed by atoms with Crippen LogP contribution in [-0.4, -0.2) is 65.2 Å². The second-order valence-corrected chi connectivity index (χ2v) is 10.4. The molecule has 0 aliphatic carbocycles. The number of carbonyl (C=O) groups excluding carboxylic acids is 1. The molecule has 0 spiro atoms. The smallest absolute Gasteiger partial charge is 0.359 e. The van der Waals surface area contributed by atoms with Crippen LogP contribution in [0, 0.1) is 5.82 Å². The Labute approximate surface area is 237 Å². The van der Waals surface area contributed by atoms with Gasteiger partial charge in [-0.15, -0.1) is 0 Å². The van der Waals surface area contributed by atoms with Crippen molar-refractivity contribution < 1.29 is 13.9 Å². The number of ether oxygens (including phenoxy) is 1. The van der Waals surface area contributed by atoms with Gasteiger partial charge in [-0.3, -0.25) is 9.47 Å². The maximum atomic E-state index is 15.7. The van der Waals surface area contributed by atoms with Gasteiger partial charge in [0.05, 0.1) is 23.0 Å². The van der Waals surface area contributed by atoms with Gasteiger partial charge in [0.25, 0.3) is 0 Å². The van der Waals surface area contributed by atoms with Crippen LogP contribution in [0.1, 0.15) is 23.0 Å². The molecule has 0 atom stereocenters. The number of nitrogens with zero attached hydrogens (tertiary/aromatic N) is 4. The summed E-state index contributed by atoms with van der Waals surface area (Å²) in [6.07, 6.45) is 0. The lowest BCUT2D eigenvalue weighted by Crippen LogP contribution is -2.43. The lowest BCUT2D eigenvalue weighted by molar-refractivity contribution is 0.0521. The summed E-state index contributed by atoms with van der Waals surface area (Å²) >= 11 is 12.8. The molecule has 4 aromatic rings. The van der Waals surface area contributed by atoms with E-state index in [0.29, 0.717) is 34.2 Å². The number of rotatable bonds is 7. The lowest BCUT2D eigenvalue weighted by Gasteiger charge is -2.32. The van der Waals surface area contributed by atoms with Gasteiger partial charge in [-0.05, 0) is 43.8 Å². The van der Waals surface area contributed by atoms with E-state index in [1.54, 1.807) is 29.7 Å². The molecule has 0 N–H and O–H groups in total. The molecular weight excluding hydrogens is 538 g/mol. The van der Waals surface area contributed by atoms with Crippen molar-refractivity contribution in [3.8, 4) is 28.3 Å².